The van der Waals surface area contributed by atoms with E-state index in [2.05, 4.69) is 35.0 Å². The standard InChI is InChI=1S/C13H13BrClNS/c1-8-5-11(14)13(17-8)12(16)7-9-3-2-4-10(15)6-9/h2-6,12H,7,16H2,1H3. The van der Waals surface area contributed by atoms with Gasteiger partial charge < -0.3 is 5.73 Å². The molecule has 1 aromatic heterocycles. The molecule has 90 valence electrons. The van der Waals surface area contributed by atoms with E-state index in [4.69, 9.17) is 17.3 Å². The van der Waals surface area contributed by atoms with Gasteiger partial charge in [0.05, 0.1) is 0 Å². The number of rotatable bonds is 3. The maximum atomic E-state index is 6.23. The van der Waals surface area contributed by atoms with Crippen LogP contribution in [0.1, 0.15) is 21.4 Å². The lowest BCUT2D eigenvalue weighted by Crippen LogP contribution is -2.12. The summed E-state index contributed by atoms with van der Waals surface area (Å²) in [6.45, 7) is 2.09. The third-order valence-corrected chi connectivity index (χ3v) is 4.85. The first-order valence-corrected chi connectivity index (χ1v) is 7.31. The van der Waals surface area contributed by atoms with Crippen LogP contribution in [0.2, 0.25) is 5.02 Å². The van der Waals surface area contributed by atoms with E-state index in [9.17, 15) is 0 Å². The van der Waals surface area contributed by atoms with E-state index >= 15 is 0 Å². The molecule has 0 aliphatic carbocycles. The summed E-state index contributed by atoms with van der Waals surface area (Å²) in [5, 5.41) is 0.760. The fourth-order valence-corrected chi connectivity index (χ4v) is 3.92. The Morgan fingerprint density at radius 1 is 1.41 bits per heavy atom. The second-order valence-corrected chi connectivity index (χ2v) is 6.59. The van der Waals surface area contributed by atoms with Crippen molar-refractivity contribution in [2.45, 2.75) is 19.4 Å². The maximum Gasteiger partial charge on any atom is 0.0442 e. The summed E-state index contributed by atoms with van der Waals surface area (Å²) in [5.74, 6) is 0. The van der Waals surface area contributed by atoms with Gasteiger partial charge in [-0.05, 0) is 53.0 Å². The molecule has 0 aliphatic heterocycles. The van der Waals surface area contributed by atoms with Gasteiger partial charge in [0, 0.05) is 25.3 Å². The van der Waals surface area contributed by atoms with Crippen LogP contribution in [0.5, 0.6) is 0 Å². The molecule has 0 amide bonds. The van der Waals surface area contributed by atoms with Crippen LogP contribution < -0.4 is 5.73 Å². The van der Waals surface area contributed by atoms with Gasteiger partial charge in [-0.2, -0.15) is 0 Å². The highest BCUT2D eigenvalue weighted by atomic mass is 79.9. The van der Waals surface area contributed by atoms with Crippen molar-refractivity contribution in [2.75, 3.05) is 0 Å². The molecular formula is C13H13BrClNS. The molecule has 0 radical (unpaired) electrons. The lowest BCUT2D eigenvalue weighted by molar-refractivity contribution is 0.733. The summed E-state index contributed by atoms with van der Waals surface area (Å²) in [6.07, 6.45) is 0.805. The summed E-state index contributed by atoms with van der Waals surface area (Å²) in [4.78, 5) is 2.47. The molecule has 4 heteroatoms. The molecule has 1 unspecified atom stereocenters. The average Bonchev–Trinajstić information content (AvgIpc) is 2.58. The minimum absolute atomic E-state index is 0.0153. The highest BCUT2D eigenvalue weighted by Gasteiger charge is 2.13. The Morgan fingerprint density at radius 3 is 2.76 bits per heavy atom. The predicted octanol–water partition coefficient (Wildman–Crippen LogP) is 4.71. The summed E-state index contributed by atoms with van der Waals surface area (Å²) in [7, 11) is 0. The Kier molecular flexibility index (Phi) is 4.26. The van der Waals surface area contributed by atoms with Crippen LogP contribution in [0.25, 0.3) is 0 Å². The van der Waals surface area contributed by atoms with Gasteiger partial charge in [-0.25, -0.2) is 0 Å². The highest BCUT2D eigenvalue weighted by Crippen LogP contribution is 2.32. The summed E-state index contributed by atoms with van der Waals surface area (Å²) in [6, 6.07) is 9.98. The first-order chi connectivity index (χ1) is 8.06. The Bertz CT molecular complexity index is 524. The van der Waals surface area contributed by atoms with Crippen molar-refractivity contribution in [1.29, 1.82) is 0 Å². The molecule has 0 saturated heterocycles. The smallest absolute Gasteiger partial charge is 0.0442 e. The zero-order valence-electron chi connectivity index (χ0n) is 9.41. The van der Waals surface area contributed by atoms with Gasteiger partial charge >= 0.3 is 0 Å². The molecule has 0 bridgehead atoms. The van der Waals surface area contributed by atoms with E-state index < -0.39 is 0 Å². The normalized spacial score (nSPS) is 12.7. The fourth-order valence-electron chi connectivity index (χ4n) is 1.76. The molecule has 0 fully saturated rings. The van der Waals surface area contributed by atoms with E-state index in [1.165, 1.54) is 15.3 Å². The van der Waals surface area contributed by atoms with E-state index in [1.807, 2.05) is 18.2 Å². The molecule has 0 saturated carbocycles. The van der Waals surface area contributed by atoms with Crippen molar-refractivity contribution in [3.8, 4) is 0 Å². The number of nitrogens with two attached hydrogens (primary N) is 1. The van der Waals surface area contributed by atoms with Crippen molar-refractivity contribution in [3.63, 3.8) is 0 Å². The maximum absolute atomic E-state index is 6.23. The molecule has 17 heavy (non-hydrogen) atoms. The number of benzene rings is 1. The van der Waals surface area contributed by atoms with Crippen molar-refractivity contribution in [3.05, 3.63) is 55.1 Å². The summed E-state index contributed by atoms with van der Waals surface area (Å²) < 4.78 is 1.11. The minimum atomic E-state index is 0.0153. The van der Waals surface area contributed by atoms with E-state index in [0.29, 0.717) is 0 Å². The van der Waals surface area contributed by atoms with Gasteiger partial charge in [0.1, 0.15) is 0 Å². The number of hydrogen-bond acceptors (Lipinski definition) is 2. The van der Waals surface area contributed by atoms with Gasteiger partial charge in [-0.1, -0.05) is 23.7 Å². The van der Waals surface area contributed by atoms with Crippen LogP contribution in [-0.2, 0) is 6.42 Å². The molecule has 1 nitrogen and oxygen atoms in total. The van der Waals surface area contributed by atoms with Crippen molar-refractivity contribution < 1.29 is 0 Å². The largest absolute Gasteiger partial charge is 0.323 e. The molecule has 2 aromatic rings. The van der Waals surface area contributed by atoms with E-state index in [-0.39, 0.29) is 6.04 Å². The lowest BCUT2D eigenvalue weighted by Gasteiger charge is -2.10. The van der Waals surface area contributed by atoms with E-state index in [0.717, 1.165) is 15.9 Å². The van der Waals surface area contributed by atoms with Gasteiger partial charge in [-0.3, -0.25) is 0 Å². The monoisotopic (exact) mass is 329 g/mol. The quantitative estimate of drug-likeness (QED) is 0.866. The fraction of sp³-hybridized carbons (Fsp3) is 0.231. The predicted molar refractivity (Wildman–Crippen MR) is 78.8 cm³/mol. The first-order valence-electron chi connectivity index (χ1n) is 5.32. The molecule has 2 N–H and O–H groups in total. The summed E-state index contributed by atoms with van der Waals surface area (Å²) in [5.41, 5.74) is 7.40. The van der Waals surface area contributed by atoms with Crippen molar-refractivity contribution >= 4 is 38.9 Å². The van der Waals surface area contributed by atoms with E-state index in [1.54, 1.807) is 11.3 Å². The molecule has 0 spiro atoms. The second kappa shape index (κ2) is 5.53. The van der Waals surface area contributed by atoms with Gasteiger partial charge in [0.15, 0.2) is 0 Å². The Labute approximate surface area is 119 Å². The Hall–Kier alpha value is -0.350. The van der Waals surface area contributed by atoms with Crippen LogP contribution >= 0.6 is 38.9 Å². The van der Waals surface area contributed by atoms with Crippen LogP contribution in [0.4, 0.5) is 0 Å². The number of aryl methyl sites for hydroxylation is 1. The third-order valence-electron chi connectivity index (χ3n) is 2.52. The van der Waals surface area contributed by atoms with Gasteiger partial charge in [0.25, 0.3) is 0 Å². The first kappa shape index (κ1) is 13.1. The average molecular weight is 331 g/mol. The Balaban J connectivity index is 2.16. The number of halogens is 2. The third kappa shape index (κ3) is 3.32. The minimum Gasteiger partial charge on any atom is -0.323 e. The number of hydrogen-bond donors (Lipinski definition) is 1. The SMILES string of the molecule is Cc1cc(Br)c(C(N)Cc2cccc(Cl)c2)s1. The van der Waals surface area contributed by atoms with Crippen LogP contribution in [0, 0.1) is 6.92 Å². The number of thiophene rings is 1. The summed E-state index contributed by atoms with van der Waals surface area (Å²) >= 11 is 11.3. The molecule has 1 heterocycles. The highest BCUT2D eigenvalue weighted by molar-refractivity contribution is 9.10. The molecule has 2 rings (SSSR count). The van der Waals surface area contributed by atoms with Crippen molar-refractivity contribution in [2.24, 2.45) is 5.73 Å². The van der Waals surface area contributed by atoms with Gasteiger partial charge in [-0.15, -0.1) is 11.3 Å². The zero-order chi connectivity index (χ0) is 12.4. The topological polar surface area (TPSA) is 26.0 Å². The van der Waals surface area contributed by atoms with Crippen LogP contribution in [-0.4, -0.2) is 0 Å². The zero-order valence-corrected chi connectivity index (χ0v) is 12.6. The van der Waals surface area contributed by atoms with Gasteiger partial charge in [0.2, 0.25) is 0 Å². The molecule has 0 aliphatic rings. The molecule has 1 atom stereocenters. The Morgan fingerprint density at radius 2 is 2.18 bits per heavy atom. The van der Waals surface area contributed by atoms with Crippen LogP contribution in [0.15, 0.2) is 34.8 Å². The molecule has 1 aromatic carbocycles. The van der Waals surface area contributed by atoms with Crippen molar-refractivity contribution in [1.82, 2.24) is 0 Å². The second-order valence-electron chi connectivity index (χ2n) is 4.01. The lowest BCUT2D eigenvalue weighted by atomic mass is 10.1. The van der Waals surface area contributed by atoms with Crippen LogP contribution in [0.3, 0.4) is 0 Å². The molecular weight excluding hydrogens is 318 g/mol.